The maximum Gasteiger partial charge on any atom is 0.145 e. The number of hydrogen-bond donors (Lipinski definition) is 1. The van der Waals surface area contributed by atoms with Gasteiger partial charge in [-0.15, -0.1) is 0 Å². The van der Waals surface area contributed by atoms with Crippen LogP contribution >= 0.6 is 11.3 Å². The third-order valence-corrected chi connectivity index (χ3v) is 2.77. The summed E-state index contributed by atoms with van der Waals surface area (Å²) in [5, 5.41) is 1.65. The molecule has 0 saturated heterocycles. The quantitative estimate of drug-likeness (QED) is 0.747. The minimum absolute atomic E-state index is 0.764. The lowest BCUT2D eigenvalue weighted by Gasteiger charge is -1.85. The van der Waals surface area contributed by atoms with Crippen LogP contribution in [0.5, 0.6) is 0 Å². The van der Waals surface area contributed by atoms with Crippen molar-refractivity contribution in [2.24, 2.45) is 7.05 Å². The van der Waals surface area contributed by atoms with Crippen molar-refractivity contribution in [3.63, 3.8) is 0 Å². The summed E-state index contributed by atoms with van der Waals surface area (Å²) in [6, 6.07) is 0. The number of nitrogens with zero attached hydrogens (tertiary/aromatic N) is 3. The maximum absolute atomic E-state index is 5.71. The Hall–Kier alpha value is -1.36. The molecule has 0 amide bonds. The first kappa shape index (κ1) is 8.25. The molecule has 2 N–H and O–H groups in total. The zero-order valence-electron chi connectivity index (χ0n) is 7.48. The third kappa shape index (κ3) is 1.42. The maximum atomic E-state index is 5.71. The van der Waals surface area contributed by atoms with Gasteiger partial charge in [-0.05, 0) is 6.92 Å². The van der Waals surface area contributed by atoms with Crippen LogP contribution in [-0.2, 0) is 7.05 Å². The Morgan fingerprint density at radius 3 is 2.77 bits per heavy atom. The van der Waals surface area contributed by atoms with E-state index in [-0.39, 0.29) is 0 Å². The van der Waals surface area contributed by atoms with Crippen molar-refractivity contribution in [1.29, 1.82) is 0 Å². The Labute approximate surface area is 80.1 Å². The fourth-order valence-electron chi connectivity index (χ4n) is 1.04. The van der Waals surface area contributed by atoms with Crippen molar-refractivity contribution >= 4 is 16.3 Å². The average molecular weight is 194 g/mol. The van der Waals surface area contributed by atoms with Crippen molar-refractivity contribution in [3.8, 4) is 10.7 Å². The lowest BCUT2D eigenvalue weighted by atomic mass is 10.5. The molecule has 2 heterocycles. The van der Waals surface area contributed by atoms with E-state index in [9.17, 15) is 0 Å². The van der Waals surface area contributed by atoms with Gasteiger partial charge in [0.15, 0.2) is 0 Å². The van der Waals surface area contributed by atoms with Crippen molar-refractivity contribution < 1.29 is 0 Å². The summed E-state index contributed by atoms with van der Waals surface area (Å²) in [7, 11) is 1.93. The smallest absolute Gasteiger partial charge is 0.145 e. The summed E-state index contributed by atoms with van der Waals surface area (Å²) in [6.45, 7) is 1.90. The Balaban J connectivity index is 2.46. The van der Waals surface area contributed by atoms with E-state index in [4.69, 9.17) is 5.73 Å². The number of imidazole rings is 1. The fraction of sp³-hybridized carbons (Fsp3) is 0.250. The summed E-state index contributed by atoms with van der Waals surface area (Å²) < 4.78 is 1.89. The Morgan fingerprint density at radius 2 is 2.31 bits per heavy atom. The molecular formula is C8H10N4S. The van der Waals surface area contributed by atoms with E-state index >= 15 is 0 Å². The van der Waals surface area contributed by atoms with Crippen LogP contribution in [0.4, 0.5) is 5.00 Å². The minimum atomic E-state index is 0.764. The molecule has 0 radical (unpaired) electrons. The molecule has 2 aromatic rings. The number of thiazole rings is 1. The topological polar surface area (TPSA) is 56.7 Å². The van der Waals surface area contributed by atoms with Crippen LogP contribution in [0, 0.1) is 6.92 Å². The van der Waals surface area contributed by atoms with E-state index < -0.39 is 0 Å². The summed E-state index contributed by atoms with van der Waals surface area (Å²) >= 11 is 1.47. The van der Waals surface area contributed by atoms with Gasteiger partial charge in [0.1, 0.15) is 15.7 Å². The van der Waals surface area contributed by atoms with Crippen molar-refractivity contribution in [2.45, 2.75) is 6.92 Å². The normalized spacial score (nSPS) is 10.6. The van der Waals surface area contributed by atoms with Crippen LogP contribution in [0.2, 0.25) is 0 Å². The summed E-state index contributed by atoms with van der Waals surface area (Å²) in [6.07, 6.45) is 3.68. The van der Waals surface area contributed by atoms with Crippen molar-refractivity contribution in [3.05, 3.63) is 18.2 Å². The monoisotopic (exact) mass is 194 g/mol. The predicted molar refractivity (Wildman–Crippen MR) is 53.5 cm³/mol. The summed E-state index contributed by atoms with van der Waals surface area (Å²) in [4.78, 5) is 8.51. The molecule has 4 nitrogen and oxygen atoms in total. The Morgan fingerprint density at radius 1 is 1.54 bits per heavy atom. The molecule has 13 heavy (non-hydrogen) atoms. The van der Waals surface area contributed by atoms with Crippen LogP contribution in [0.1, 0.15) is 5.69 Å². The standard InChI is InChI=1S/C8H10N4S/c1-5-7(9)13-8(11-5)6-3-12(2)4-10-6/h3-4H,9H2,1-2H3. The van der Waals surface area contributed by atoms with E-state index in [1.807, 2.05) is 24.7 Å². The molecule has 0 unspecified atom stereocenters. The molecule has 0 fully saturated rings. The van der Waals surface area contributed by atoms with Crippen molar-refractivity contribution in [2.75, 3.05) is 5.73 Å². The lowest BCUT2D eigenvalue weighted by molar-refractivity contribution is 0.913. The minimum Gasteiger partial charge on any atom is -0.389 e. The van der Waals surface area contributed by atoms with Gasteiger partial charge >= 0.3 is 0 Å². The Bertz CT molecular complexity index is 410. The molecule has 2 aromatic heterocycles. The highest BCUT2D eigenvalue weighted by Gasteiger charge is 2.08. The van der Waals surface area contributed by atoms with Crippen LogP contribution < -0.4 is 5.73 Å². The molecule has 0 saturated carbocycles. The van der Waals surface area contributed by atoms with Gasteiger partial charge in [-0.2, -0.15) is 0 Å². The molecule has 0 aliphatic carbocycles. The van der Waals surface area contributed by atoms with Gasteiger partial charge in [-0.1, -0.05) is 11.3 Å². The second-order valence-electron chi connectivity index (χ2n) is 2.89. The van der Waals surface area contributed by atoms with Gasteiger partial charge in [-0.3, -0.25) is 0 Å². The van der Waals surface area contributed by atoms with Crippen LogP contribution in [-0.4, -0.2) is 14.5 Å². The number of aromatic nitrogens is 3. The molecule has 68 valence electrons. The molecule has 0 spiro atoms. The number of hydrogen-bond acceptors (Lipinski definition) is 4. The first-order chi connectivity index (χ1) is 6.16. The highest BCUT2D eigenvalue weighted by atomic mass is 32.1. The highest BCUT2D eigenvalue weighted by Crippen LogP contribution is 2.27. The summed E-state index contributed by atoms with van der Waals surface area (Å²) in [5.74, 6) is 0. The predicted octanol–water partition coefficient (Wildman–Crippen LogP) is 1.43. The number of nitrogens with two attached hydrogens (primary N) is 1. The molecule has 5 heteroatoms. The van der Waals surface area contributed by atoms with E-state index in [0.717, 1.165) is 21.4 Å². The highest BCUT2D eigenvalue weighted by molar-refractivity contribution is 7.18. The van der Waals surface area contributed by atoms with Gasteiger partial charge in [0.2, 0.25) is 0 Å². The number of aryl methyl sites for hydroxylation is 2. The molecule has 0 aromatic carbocycles. The van der Waals surface area contributed by atoms with E-state index in [0.29, 0.717) is 0 Å². The molecular weight excluding hydrogens is 184 g/mol. The van der Waals surface area contributed by atoms with Gasteiger partial charge < -0.3 is 10.3 Å². The van der Waals surface area contributed by atoms with Crippen LogP contribution in [0.3, 0.4) is 0 Å². The zero-order valence-corrected chi connectivity index (χ0v) is 8.30. The zero-order chi connectivity index (χ0) is 9.42. The molecule has 0 aliphatic rings. The molecule has 0 aliphatic heterocycles. The SMILES string of the molecule is Cc1nc(-c2cn(C)cn2)sc1N. The molecule has 2 rings (SSSR count). The Kier molecular flexibility index (Phi) is 1.81. The number of nitrogen functional groups attached to an aromatic ring is 1. The van der Waals surface area contributed by atoms with Gasteiger partial charge in [0, 0.05) is 13.2 Å². The van der Waals surface area contributed by atoms with Crippen molar-refractivity contribution in [1.82, 2.24) is 14.5 Å². The molecule has 0 atom stereocenters. The molecule has 0 bridgehead atoms. The van der Waals surface area contributed by atoms with E-state index in [2.05, 4.69) is 9.97 Å². The second kappa shape index (κ2) is 2.85. The van der Waals surface area contributed by atoms with E-state index in [1.165, 1.54) is 11.3 Å². The fourth-order valence-corrected chi connectivity index (χ4v) is 1.84. The van der Waals surface area contributed by atoms with Crippen LogP contribution in [0.25, 0.3) is 10.7 Å². The second-order valence-corrected chi connectivity index (χ2v) is 3.92. The van der Waals surface area contributed by atoms with E-state index in [1.54, 1.807) is 6.33 Å². The summed E-state index contributed by atoms with van der Waals surface area (Å²) in [5.41, 5.74) is 7.47. The average Bonchev–Trinajstić information content (AvgIpc) is 2.61. The van der Waals surface area contributed by atoms with Crippen LogP contribution in [0.15, 0.2) is 12.5 Å². The van der Waals surface area contributed by atoms with Gasteiger partial charge in [-0.25, -0.2) is 9.97 Å². The first-order valence-electron chi connectivity index (χ1n) is 3.88. The number of rotatable bonds is 1. The van der Waals surface area contributed by atoms with Gasteiger partial charge in [0.05, 0.1) is 12.0 Å². The first-order valence-corrected chi connectivity index (χ1v) is 4.69. The number of anilines is 1. The lowest BCUT2D eigenvalue weighted by Crippen LogP contribution is -1.81. The largest absolute Gasteiger partial charge is 0.389 e. The van der Waals surface area contributed by atoms with Gasteiger partial charge in [0.25, 0.3) is 0 Å². The third-order valence-electron chi connectivity index (χ3n) is 1.76.